The molecule has 5 nitrogen and oxygen atoms in total. The Hall–Kier alpha value is -2.37. The maximum absolute atomic E-state index is 13.3. The summed E-state index contributed by atoms with van der Waals surface area (Å²) in [6.07, 6.45) is 5.06. The van der Waals surface area contributed by atoms with Gasteiger partial charge in [-0.2, -0.15) is 0 Å². The number of carbonyl (C=O) groups excluding carboxylic acids is 2. The normalized spacial score (nSPS) is 18.7. The van der Waals surface area contributed by atoms with Crippen molar-refractivity contribution in [2.45, 2.75) is 56.5 Å². The smallest absolute Gasteiger partial charge is 0.235 e. The molecule has 2 N–H and O–H groups in total. The second kappa shape index (κ2) is 9.41. The highest BCUT2D eigenvalue weighted by Gasteiger charge is 2.42. The first-order valence-corrected chi connectivity index (χ1v) is 11.5. The summed E-state index contributed by atoms with van der Waals surface area (Å²) in [5.41, 5.74) is 2.16. The molecule has 2 aliphatic rings. The standard InChI is InChI=1S/C25H29ClN2O3/c26-20-7-5-19(6-8-20)25(13-1-2-14-25)24(31)27-21-9-3-18(4-10-21)17-23(30)28-15-11-22(29)12-16-28/h3-10,22,29H,1-2,11-17H2,(H,27,31). The lowest BCUT2D eigenvalue weighted by Crippen LogP contribution is -2.40. The molecule has 1 aliphatic carbocycles. The van der Waals surface area contributed by atoms with E-state index in [1.807, 2.05) is 53.4 Å². The zero-order valence-electron chi connectivity index (χ0n) is 17.6. The van der Waals surface area contributed by atoms with E-state index in [9.17, 15) is 14.7 Å². The molecular weight excluding hydrogens is 412 g/mol. The molecule has 2 fully saturated rings. The average Bonchev–Trinajstić information content (AvgIpc) is 3.27. The van der Waals surface area contributed by atoms with E-state index >= 15 is 0 Å². The van der Waals surface area contributed by atoms with Crippen molar-refractivity contribution < 1.29 is 14.7 Å². The Morgan fingerprint density at radius 3 is 2.23 bits per heavy atom. The second-order valence-corrected chi connectivity index (χ2v) is 9.17. The number of likely N-dealkylation sites (tertiary alicyclic amines) is 1. The monoisotopic (exact) mass is 440 g/mol. The lowest BCUT2D eigenvalue weighted by atomic mass is 9.78. The van der Waals surface area contributed by atoms with Crippen LogP contribution in [0.5, 0.6) is 0 Å². The van der Waals surface area contributed by atoms with Gasteiger partial charge in [0.05, 0.1) is 17.9 Å². The molecule has 2 aromatic rings. The van der Waals surface area contributed by atoms with Gasteiger partial charge in [-0.1, -0.05) is 48.7 Å². The van der Waals surface area contributed by atoms with Crippen molar-refractivity contribution in [3.63, 3.8) is 0 Å². The molecule has 0 aromatic heterocycles. The second-order valence-electron chi connectivity index (χ2n) is 8.74. The number of hydrogen-bond donors (Lipinski definition) is 2. The topological polar surface area (TPSA) is 69.6 Å². The Bertz CT molecular complexity index is 913. The average molecular weight is 441 g/mol. The predicted octanol–water partition coefficient (Wildman–Crippen LogP) is 4.32. The first-order valence-electron chi connectivity index (χ1n) is 11.1. The molecule has 2 amide bonds. The molecule has 31 heavy (non-hydrogen) atoms. The summed E-state index contributed by atoms with van der Waals surface area (Å²) in [6, 6.07) is 15.1. The minimum Gasteiger partial charge on any atom is -0.393 e. The van der Waals surface area contributed by atoms with Crippen molar-refractivity contribution in [1.29, 1.82) is 0 Å². The quantitative estimate of drug-likeness (QED) is 0.727. The van der Waals surface area contributed by atoms with Crippen LogP contribution in [0, 0.1) is 0 Å². The van der Waals surface area contributed by atoms with Crippen LogP contribution in [0.2, 0.25) is 5.02 Å². The predicted molar refractivity (Wildman–Crippen MR) is 122 cm³/mol. The van der Waals surface area contributed by atoms with Crippen molar-refractivity contribution in [3.8, 4) is 0 Å². The third-order valence-corrected chi connectivity index (χ3v) is 6.92. The number of benzene rings is 2. The number of nitrogens with one attached hydrogen (secondary N) is 1. The Kier molecular flexibility index (Phi) is 6.63. The van der Waals surface area contributed by atoms with Crippen LogP contribution in [0.25, 0.3) is 0 Å². The van der Waals surface area contributed by atoms with Crippen LogP contribution in [0.1, 0.15) is 49.7 Å². The van der Waals surface area contributed by atoms with Gasteiger partial charge < -0.3 is 15.3 Å². The number of rotatable bonds is 5. The first kappa shape index (κ1) is 21.8. The summed E-state index contributed by atoms with van der Waals surface area (Å²) in [6.45, 7) is 1.22. The zero-order valence-corrected chi connectivity index (χ0v) is 18.4. The van der Waals surface area contributed by atoms with Crippen molar-refractivity contribution in [2.75, 3.05) is 18.4 Å². The molecule has 2 aromatic carbocycles. The summed E-state index contributed by atoms with van der Waals surface area (Å²) in [7, 11) is 0. The molecule has 1 heterocycles. The molecule has 4 rings (SSSR count). The van der Waals surface area contributed by atoms with Gasteiger partial charge in [0, 0.05) is 23.8 Å². The van der Waals surface area contributed by atoms with E-state index in [0.717, 1.165) is 42.5 Å². The van der Waals surface area contributed by atoms with Crippen LogP contribution in [0.4, 0.5) is 5.69 Å². The number of aliphatic hydroxyl groups is 1. The lowest BCUT2D eigenvalue weighted by Gasteiger charge is -2.29. The Labute approximate surface area is 188 Å². The Morgan fingerprint density at radius 2 is 1.61 bits per heavy atom. The van der Waals surface area contributed by atoms with Gasteiger partial charge >= 0.3 is 0 Å². The summed E-state index contributed by atoms with van der Waals surface area (Å²) in [5.74, 6) is 0.0966. The molecule has 0 radical (unpaired) electrons. The van der Waals surface area contributed by atoms with Gasteiger partial charge in [-0.15, -0.1) is 0 Å². The molecule has 0 atom stereocenters. The molecule has 1 saturated heterocycles. The Balaban J connectivity index is 1.40. The third-order valence-electron chi connectivity index (χ3n) is 6.67. The van der Waals surface area contributed by atoms with E-state index < -0.39 is 5.41 Å². The van der Waals surface area contributed by atoms with Gasteiger partial charge in [0.25, 0.3) is 0 Å². The molecule has 0 unspecified atom stereocenters. The SMILES string of the molecule is O=C(Cc1ccc(NC(=O)C2(c3ccc(Cl)cc3)CCCC2)cc1)N1CCC(O)CC1. The lowest BCUT2D eigenvalue weighted by molar-refractivity contribution is -0.132. The third kappa shape index (κ3) is 4.94. The summed E-state index contributed by atoms with van der Waals surface area (Å²) in [5, 5.41) is 13.4. The maximum Gasteiger partial charge on any atom is 0.235 e. The maximum atomic E-state index is 13.3. The molecular formula is C25H29ClN2O3. The highest BCUT2D eigenvalue weighted by Crippen LogP contribution is 2.42. The number of aliphatic hydroxyl groups excluding tert-OH is 1. The molecule has 0 spiro atoms. The summed E-state index contributed by atoms with van der Waals surface area (Å²) in [4.78, 5) is 27.6. The minimum atomic E-state index is -0.516. The van der Waals surface area contributed by atoms with Crippen molar-refractivity contribution >= 4 is 29.1 Å². The van der Waals surface area contributed by atoms with Crippen LogP contribution in [0.15, 0.2) is 48.5 Å². The van der Waals surface area contributed by atoms with Crippen molar-refractivity contribution in [2.24, 2.45) is 0 Å². The van der Waals surface area contributed by atoms with Crippen molar-refractivity contribution in [1.82, 2.24) is 4.90 Å². The van der Waals surface area contributed by atoms with Gasteiger partial charge in [-0.05, 0) is 61.1 Å². The molecule has 0 bridgehead atoms. The van der Waals surface area contributed by atoms with Crippen LogP contribution in [-0.2, 0) is 21.4 Å². The Morgan fingerprint density at radius 1 is 1.00 bits per heavy atom. The molecule has 164 valence electrons. The number of carbonyl (C=O) groups is 2. The van der Waals surface area contributed by atoms with E-state index in [1.54, 1.807) is 0 Å². The number of anilines is 1. The van der Waals surface area contributed by atoms with E-state index in [-0.39, 0.29) is 17.9 Å². The van der Waals surface area contributed by atoms with Crippen molar-refractivity contribution in [3.05, 3.63) is 64.7 Å². The van der Waals surface area contributed by atoms with Gasteiger partial charge in [0.2, 0.25) is 11.8 Å². The molecule has 6 heteroatoms. The summed E-state index contributed by atoms with van der Waals surface area (Å²) < 4.78 is 0. The van der Waals surface area contributed by atoms with Crippen LogP contribution >= 0.6 is 11.6 Å². The number of amides is 2. The van der Waals surface area contributed by atoms with Crippen LogP contribution < -0.4 is 5.32 Å². The van der Waals surface area contributed by atoms with E-state index in [4.69, 9.17) is 11.6 Å². The summed E-state index contributed by atoms with van der Waals surface area (Å²) >= 11 is 6.04. The fraction of sp³-hybridized carbons (Fsp3) is 0.440. The molecule has 1 saturated carbocycles. The largest absolute Gasteiger partial charge is 0.393 e. The number of hydrogen-bond acceptors (Lipinski definition) is 3. The fourth-order valence-electron chi connectivity index (χ4n) is 4.75. The van der Waals surface area contributed by atoms with E-state index in [0.29, 0.717) is 37.4 Å². The highest BCUT2D eigenvalue weighted by atomic mass is 35.5. The first-order chi connectivity index (χ1) is 15.0. The van der Waals surface area contributed by atoms with E-state index in [1.165, 1.54) is 0 Å². The van der Waals surface area contributed by atoms with Gasteiger partial charge in [0.15, 0.2) is 0 Å². The number of piperidine rings is 1. The van der Waals surface area contributed by atoms with Crippen LogP contribution in [-0.4, -0.2) is 41.0 Å². The fourth-order valence-corrected chi connectivity index (χ4v) is 4.88. The van der Waals surface area contributed by atoms with Crippen LogP contribution in [0.3, 0.4) is 0 Å². The zero-order chi connectivity index (χ0) is 21.8. The minimum absolute atomic E-state index is 0.0167. The van der Waals surface area contributed by atoms with Gasteiger partial charge in [0.1, 0.15) is 0 Å². The number of nitrogens with zero attached hydrogens (tertiary/aromatic N) is 1. The van der Waals surface area contributed by atoms with E-state index in [2.05, 4.69) is 5.32 Å². The van der Waals surface area contributed by atoms with Gasteiger partial charge in [-0.3, -0.25) is 9.59 Å². The number of halogens is 1. The molecule has 1 aliphatic heterocycles. The van der Waals surface area contributed by atoms with Gasteiger partial charge in [-0.25, -0.2) is 0 Å². The highest BCUT2D eigenvalue weighted by molar-refractivity contribution is 6.30.